The topological polar surface area (TPSA) is 77.7 Å². The number of aromatic nitrogens is 1. The van der Waals surface area contributed by atoms with Crippen molar-refractivity contribution in [3.8, 4) is 0 Å². The number of fused-ring (bicyclic) bond motifs is 1. The minimum Gasteiger partial charge on any atom is -0.383 e. The van der Waals surface area contributed by atoms with Gasteiger partial charge in [0.05, 0.1) is 28.3 Å². The molecule has 0 bridgehead atoms. The number of carbonyl (C=O) groups excluding carboxylic acids is 1. The molecule has 3 aromatic rings. The molecule has 160 valence electrons. The van der Waals surface area contributed by atoms with Gasteiger partial charge in [-0.05, 0) is 30.2 Å². The summed E-state index contributed by atoms with van der Waals surface area (Å²) in [5, 5.41) is 0. The normalized spacial score (nSPS) is 12.5. The molecule has 0 aliphatic carbocycles. The summed E-state index contributed by atoms with van der Waals surface area (Å²) in [4.78, 5) is 17.3. The molecular formula is C21H23BrN2O4S2. The Bertz CT molecular complexity index is 1180. The Kier molecular flexibility index (Phi) is 7.99. The highest BCUT2D eigenvalue weighted by Gasteiger charge is 2.13. The van der Waals surface area contributed by atoms with Gasteiger partial charge in [0.1, 0.15) is 0 Å². The minimum absolute atomic E-state index is 0.0125. The van der Waals surface area contributed by atoms with E-state index in [0.717, 1.165) is 20.3 Å². The smallest absolute Gasteiger partial charge is 0.248 e. The Hall–Kier alpha value is -1.81. The Balaban J connectivity index is 1.69. The average molecular weight is 511 g/mol. The van der Waals surface area contributed by atoms with Crippen LogP contribution in [-0.4, -0.2) is 38.4 Å². The summed E-state index contributed by atoms with van der Waals surface area (Å²) in [5.41, 5.74) is 1.74. The number of hydrogen-bond acceptors (Lipinski definition) is 5. The van der Waals surface area contributed by atoms with Crippen molar-refractivity contribution >= 4 is 53.2 Å². The highest BCUT2D eigenvalue weighted by molar-refractivity contribution is 9.10. The molecular weight excluding hydrogens is 488 g/mol. The number of carbonyl (C=O) groups is 1. The van der Waals surface area contributed by atoms with E-state index in [1.807, 2.05) is 41.0 Å². The molecule has 1 heterocycles. The van der Waals surface area contributed by atoms with E-state index in [4.69, 9.17) is 4.74 Å². The number of ether oxygens (including phenoxy) is 1. The lowest BCUT2D eigenvalue weighted by Gasteiger charge is -2.05. The van der Waals surface area contributed by atoms with Crippen LogP contribution in [-0.2, 0) is 31.7 Å². The average Bonchev–Trinajstić information content (AvgIpc) is 3.02. The van der Waals surface area contributed by atoms with E-state index >= 15 is 0 Å². The molecule has 0 spiro atoms. The molecule has 0 N–H and O–H groups in total. The molecule has 2 aromatic carbocycles. The summed E-state index contributed by atoms with van der Waals surface area (Å²) in [6.07, 6.45) is 0.349. The Morgan fingerprint density at radius 1 is 1.20 bits per heavy atom. The van der Waals surface area contributed by atoms with Crippen molar-refractivity contribution in [3.05, 3.63) is 63.4 Å². The standard InChI is InChI=1S/C21H23BrN2O4S2/c1-28-12-11-24-18-10-9-17(22)14-19(18)29-21(24)23-20(25)8-5-13-30(26,27)15-16-6-3-2-4-7-16/h2-4,6-7,9-10,14H,5,8,11-13,15H2,1H3. The second-order valence-corrected chi connectivity index (χ2v) is 10.9. The van der Waals surface area contributed by atoms with Crippen molar-refractivity contribution in [1.29, 1.82) is 0 Å². The minimum atomic E-state index is -3.27. The van der Waals surface area contributed by atoms with E-state index in [0.29, 0.717) is 18.0 Å². The lowest BCUT2D eigenvalue weighted by molar-refractivity contribution is -0.118. The van der Waals surface area contributed by atoms with Crippen molar-refractivity contribution in [1.82, 2.24) is 4.57 Å². The van der Waals surface area contributed by atoms with Crippen molar-refractivity contribution < 1.29 is 17.9 Å². The summed E-state index contributed by atoms with van der Waals surface area (Å²) in [5.74, 6) is -0.366. The molecule has 1 amide bonds. The first-order chi connectivity index (χ1) is 14.4. The lowest BCUT2D eigenvalue weighted by Crippen LogP contribution is -2.19. The largest absolute Gasteiger partial charge is 0.383 e. The van der Waals surface area contributed by atoms with Crippen molar-refractivity contribution in [2.45, 2.75) is 25.1 Å². The van der Waals surface area contributed by atoms with Gasteiger partial charge in [0.15, 0.2) is 14.6 Å². The molecule has 0 atom stereocenters. The van der Waals surface area contributed by atoms with Crippen LogP contribution in [0.4, 0.5) is 0 Å². The summed E-state index contributed by atoms with van der Waals surface area (Å²) in [6.45, 7) is 1.08. The van der Waals surface area contributed by atoms with Crippen LogP contribution in [0.2, 0.25) is 0 Å². The fraction of sp³-hybridized carbons (Fsp3) is 0.333. The van der Waals surface area contributed by atoms with Gasteiger partial charge in [-0.1, -0.05) is 57.6 Å². The van der Waals surface area contributed by atoms with Crippen molar-refractivity contribution in [2.75, 3.05) is 19.5 Å². The molecule has 9 heteroatoms. The SMILES string of the molecule is COCCn1c(=NC(=O)CCCS(=O)(=O)Cc2ccccc2)sc2cc(Br)ccc21. The molecule has 1 aromatic heterocycles. The number of nitrogens with zero attached hydrogens (tertiary/aromatic N) is 2. The first-order valence-electron chi connectivity index (χ1n) is 9.48. The predicted molar refractivity (Wildman–Crippen MR) is 123 cm³/mol. The number of sulfone groups is 1. The molecule has 0 aliphatic rings. The van der Waals surface area contributed by atoms with E-state index in [9.17, 15) is 13.2 Å². The summed E-state index contributed by atoms with van der Waals surface area (Å²) >= 11 is 4.89. The third kappa shape index (κ3) is 6.34. The highest BCUT2D eigenvalue weighted by atomic mass is 79.9. The zero-order valence-corrected chi connectivity index (χ0v) is 19.8. The molecule has 0 aliphatic heterocycles. The van der Waals surface area contributed by atoms with Crippen LogP contribution in [0, 0.1) is 0 Å². The van der Waals surface area contributed by atoms with Gasteiger partial charge >= 0.3 is 0 Å². The van der Waals surface area contributed by atoms with E-state index < -0.39 is 9.84 Å². The van der Waals surface area contributed by atoms with Crippen molar-refractivity contribution in [3.63, 3.8) is 0 Å². The van der Waals surface area contributed by atoms with Crippen LogP contribution in [0.3, 0.4) is 0 Å². The van der Waals surface area contributed by atoms with E-state index in [1.165, 1.54) is 11.3 Å². The summed E-state index contributed by atoms with van der Waals surface area (Å²) < 4.78 is 33.7. The Morgan fingerprint density at radius 3 is 2.70 bits per heavy atom. The van der Waals surface area contributed by atoms with Crippen LogP contribution < -0.4 is 4.80 Å². The Morgan fingerprint density at radius 2 is 1.97 bits per heavy atom. The fourth-order valence-corrected chi connectivity index (χ4v) is 6.09. The second-order valence-electron chi connectivity index (χ2n) is 6.83. The van der Waals surface area contributed by atoms with Gasteiger partial charge in [-0.2, -0.15) is 4.99 Å². The van der Waals surface area contributed by atoms with Gasteiger partial charge in [0, 0.05) is 24.5 Å². The molecule has 6 nitrogen and oxygen atoms in total. The monoisotopic (exact) mass is 510 g/mol. The predicted octanol–water partition coefficient (Wildman–Crippen LogP) is 3.93. The maximum absolute atomic E-state index is 12.4. The van der Waals surface area contributed by atoms with Gasteiger partial charge in [-0.25, -0.2) is 8.42 Å². The van der Waals surface area contributed by atoms with Crippen molar-refractivity contribution in [2.24, 2.45) is 4.99 Å². The third-order valence-electron chi connectivity index (χ3n) is 4.46. The van der Waals surface area contributed by atoms with E-state index in [-0.39, 0.29) is 30.3 Å². The van der Waals surface area contributed by atoms with Gasteiger partial charge in [-0.3, -0.25) is 4.79 Å². The Labute approximate surface area is 188 Å². The molecule has 0 saturated carbocycles. The van der Waals surface area contributed by atoms with E-state index in [2.05, 4.69) is 20.9 Å². The van der Waals surface area contributed by atoms with Gasteiger partial charge < -0.3 is 9.30 Å². The third-order valence-corrected chi connectivity index (χ3v) is 7.68. The maximum Gasteiger partial charge on any atom is 0.248 e. The quantitative estimate of drug-likeness (QED) is 0.436. The van der Waals surface area contributed by atoms with E-state index in [1.54, 1.807) is 19.2 Å². The number of rotatable bonds is 9. The summed E-state index contributed by atoms with van der Waals surface area (Å²) in [7, 11) is -1.64. The van der Waals surface area contributed by atoms with Gasteiger partial charge in [0.2, 0.25) is 5.91 Å². The maximum atomic E-state index is 12.4. The zero-order valence-electron chi connectivity index (χ0n) is 16.6. The number of thiazole rings is 1. The molecule has 0 unspecified atom stereocenters. The zero-order chi connectivity index (χ0) is 21.6. The summed E-state index contributed by atoms with van der Waals surface area (Å²) in [6, 6.07) is 15.0. The second kappa shape index (κ2) is 10.5. The highest BCUT2D eigenvalue weighted by Crippen LogP contribution is 2.22. The fourth-order valence-electron chi connectivity index (χ4n) is 3.04. The number of amides is 1. The van der Waals surface area contributed by atoms with Gasteiger partial charge in [-0.15, -0.1) is 0 Å². The van der Waals surface area contributed by atoms with Crippen LogP contribution in [0.15, 0.2) is 58.0 Å². The van der Waals surface area contributed by atoms with Gasteiger partial charge in [0.25, 0.3) is 0 Å². The molecule has 0 saturated heterocycles. The first kappa shape index (κ1) is 22.9. The molecule has 3 rings (SSSR count). The molecule has 0 fully saturated rings. The lowest BCUT2D eigenvalue weighted by atomic mass is 10.2. The number of hydrogen-bond donors (Lipinski definition) is 0. The first-order valence-corrected chi connectivity index (χ1v) is 12.9. The van der Waals surface area contributed by atoms with Crippen LogP contribution in [0.1, 0.15) is 18.4 Å². The molecule has 0 radical (unpaired) electrons. The van der Waals surface area contributed by atoms with Crippen LogP contribution >= 0.6 is 27.3 Å². The number of benzene rings is 2. The number of halogens is 1. The van der Waals surface area contributed by atoms with Crippen LogP contribution in [0.25, 0.3) is 10.2 Å². The van der Waals surface area contributed by atoms with Crippen LogP contribution in [0.5, 0.6) is 0 Å². The molecule has 30 heavy (non-hydrogen) atoms. The number of methoxy groups -OCH3 is 1.